The molecule has 2 nitrogen and oxygen atoms in total. The lowest BCUT2D eigenvalue weighted by molar-refractivity contribution is 0.477. The highest BCUT2D eigenvalue weighted by atomic mass is 79.9. The molecule has 0 bridgehead atoms. The zero-order valence-electron chi connectivity index (χ0n) is 9.48. The van der Waals surface area contributed by atoms with Gasteiger partial charge in [0.05, 0.1) is 15.8 Å². The van der Waals surface area contributed by atoms with Gasteiger partial charge in [0.15, 0.2) is 0 Å². The van der Waals surface area contributed by atoms with Gasteiger partial charge in [0.1, 0.15) is 5.82 Å². The van der Waals surface area contributed by atoms with Crippen molar-refractivity contribution < 1.29 is 4.39 Å². The zero-order chi connectivity index (χ0) is 11.7. The highest BCUT2D eigenvalue weighted by Gasteiger charge is 2.22. The Morgan fingerprint density at radius 2 is 2.25 bits per heavy atom. The van der Waals surface area contributed by atoms with Crippen LogP contribution in [0.25, 0.3) is 0 Å². The molecule has 88 valence electrons. The smallest absolute Gasteiger partial charge is 0.139 e. The van der Waals surface area contributed by atoms with Crippen molar-refractivity contribution in [3.8, 4) is 0 Å². The Balaban J connectivity index is 2.23. The maximum Gasteiger partial charge on any atom is 0.139 e. The summed E-state index contributed by atoms with van der Waals surface area (Å²) in [6, 6.07) is 3.70. The summed E-state index contributed by atoms with van der Waals surface area (Å²) in [5.74, 6) is 0.352. The Hall–Kier alpha value is -0.770. The van der Waals surface area contributed by atoms with E-state index in [-0.39, 0.29) is 5.82 Å². The van der Waals surface area contributed by atoms with Crippen LogP contribution in [0.4, 0.5) is 15.8 Å². The molecule has 2 N–H and O–H groups in total. The molecule has 2 unspecified atom stereocenters. The van der Waals surface area contributed by atoms with E-state index in [1.807, 2.05) is 0 Å². The number of fused-ring (bicyclic) bond motifs is 1. The van der Waals surface area contributed by atoms with Crippen molar-refractivity contribution in [2.75, 3.05) is 17.2 Å². The molecule has 1 aromatic carbocycles. The van der Waals surface area contributed by atoms with E-state index >= 15 is 0 Å². The van der Waals surface area contributed by atoms with E-state index in [1.165, 1.54) is 0 Å². The lowest BCUT2D eigenvalue weighted by Crippen LogP contribution is -2.37. The average molecular weight is 287 g/mol. The number of rotatable bonds is 2. The first-order valence-electron chi connectivity index (χ1n) is 5.61. The van der Waals surface area contributed by atoms with Gasteiger partial charge >= 0.3 is 0 Å². The van der Waals surface area contributed by atoms with Gasteiger partial charge in [-0.25, -0.2) is 4.39 Å². The van der Waals surface area contributed by atoms with E-state index in [1.54, 1.807) is 12.1 Å². The van der Waals surface area contributed by atoms with Crippen LogP contribution in [-0.4, -0.2) is 12.6 Å². The minimum absolute atomic E-state index is 0.224. The third-order valence-electron chi connectivity index (χ3n) is 3.24. The first-order chi connectivity index (χ1) is 7.61. The summed E-state index contributed by atoms with van der Waals surface area (Å²) in [5.41, 5.74) is 1.82. The van der Waals surface area contributed by atoms with Gasteiger partial charge in [0.2, 0.25) is 0 Å². The Morgan fingerprint density at radius 3 is 2.94 bits per heavy atom. The molecule has 1 aromatic rings. The predicted molar refractivity (Wildman–Crippen MR) is 69.5 cm³/mol. The summed E-state index contributed by atoms with van der Waals surface area (Å²) in [5, 5.41) is 6.73. The molecular formula is C12H16BrFN2. The molecule has 1 heterocycles. The molecule has 0 saturated carbocycles. The first-order valence-corrected chi connectivity index (χ1v) is 6.40. The van der Waals surface area contributed by atoms with Gasteiger partial charge in [-0.15, -0.1) is 0 Å². The Labute approximate surface area is 104 Å². The zero-order valence-corrected chi connectivity index (χ0v) is 11.1. The molecule has 0 spiro atoms. The second-order valence-electron chi connectivity index (χ2n) is 4.33. The summed E-state index contributed by atoms with van der Waals surface area (Å²) >= 11 is 3.19. The van der Waals surface area contributed by atoms with Gasteiger partial charge in [-0.3, -0.25) is 0 Å². The van der Waals surface area contributed by atoms with Gasteiger partial charge < -0.3 is 10.6 Å². The maximum atomic E-state index is 13.4. The molecule has 2 atom stereocenters. The Kier molecular flexibility index (Phi) is 3.38. The summed E-state index contributed by atoms with van der Waals surface area (Å²) in [6.45, 7) is 5.27. The fourth-order valence-corrected chi connectivity index (χ4v) is 2.25. The molecular weight excluding hydrogens is 271 g/mol. The minimum Gasteiger partial charge on any atom is -0.381 e. The molecule has 0 fully saturated rings. The highest BCUT2D eigenvalue weighted by molar-refractivity contribution is 9.10. The van der Waals surface area contributed by atoms with Crippen molar-refractivity contribution in [3.05, 3.63) is 22.4 Å². The van der Waals surface area contributed by atoms with Crippen LogP contribution in [-0.2, 0) is 0 Å². The topological polar surface area (TPSA) is 24.1 Å². The van der Waals surface area contributed by atoms with Gasteiger partial charge in [0.25, 0.3) is 0 Å². The largest absolute Gasteiger partial charge is 0.381 e. The summed E-state index contributed by atoms with van der Waals surface area (Å²) in [4.78, 5) is 0. The van der Waals surface area contributed by atoms with Crippen molar-refractivity contribution in [1.29, 1.82) is 0 Å². The van der Waals surface area contributed by atoms with Crippen molar-refractivity contribution in [2.24, 2.45) is 5.92 Å². The molecule has 0 aliphatic carbocycles. The molecule has 2 rings (SSSR count). The molecule has 0 aromatic heterocycles. The van der Waals surface area contributed by atoms with Crippen LogP contribution >= 0.6 is 15.9 Å². The monoisotopic (exact) mass is 286 g/mol. The van der Waals surface area contributed by atoms with Crippen LogP contribution in [0.2, 0.25) is 0 Å². The molecule has 0 saturated heterocycles. The van der Waals surface area contributed by atoms with Gasteiger partial charge in [-0.05, 0) is 27.9 Å². The standard InChI is InChI=1S/C12H16BrFN2/c1-3-7(2)12-6-15-10-4-8(13)9(14)5-11(10)16-12/h4-5,7,12,15-16H,3,6H2,1-2H3. The van der Waals surface area contributed by atoms with E-state index in [9.17, 15) is 4.39 Å². The minimum atomic E-state index is -0.224. The van der Waals surface area contributed by atoms with E-state index in [0.29, 0.717) is 16.4 Å². The molecule has 0 amide bonds. The normalized spacial score (nSPS) is 20.6. The van der Waals surface area contributed by atoms with Gasteiger partial charge in [-0.2, -0.15) is 0 Å². The number of benzene rings is 1. The molecule has 1 aliphatic heterocycles. The molecule has 16 heavy (non-hydrogen) atoms. The van der Waals surface area contributed by atoms with Crippen molar-refractivity contribution in [2.45, 2.75) is 26.3 Å². The van der Waals surface area contributed by atoms with Crippen LogP contribution < -0.4 is 10.6 Å². The number of nitrogens with one attached hydrogen (secondary N) is 2. The molecule has 1 aliphatic rings. The second-order valence-corrected chi connectivity index (χ2v) is 5.18. The summed E-state index contributed by atoms with van der Waals surface area (Å²) in [6.07, 6.45) is 1.12. The maximum absolute atomic E-state index is 13.4. The SMILES string of the molecule is CCC(C)C1CNc2cc(Br)c(F)cc2N1. The van der Waals surface area contributed by atoms with E-state index < -0.39 is 0 Å². The fraction of sp³-hybridized carbons (Fsp3) is 0.500. The predicted octanol–water partition coefficient (Wildman–Crippen LogP) is 3.84. The Bertz CT molecular complexity index is 395. The van der Waals surface area contributed by atoms with Crippen LogP contribution in [0.15, 0.2) is 16.6 Å². The number of hydrogen-bond acceptors (Lipinski definition) is 2. The van der Waals surface area contributed by atoms with Crippen LogP contribution in [0, 0.1) is 11.7 Å². The molecule has 4 heteroatoms. The first kappa shape index (κ1) is 11.7. The van der Waals surface area contributed by atoms with Gasteiger partial charge in [-0.1, -0.05) is 20.3 Å². The summed E-state index contributed by atoms with van der Waals surface area (Å²) in [7, 11) is 0. The van der Waals surface area contributed by atoms with E-state index in [4.69, 9.17) is 0 Å². The van der Waals surface area contributed by atoms with E-state index in [0.717, 1.165) is 24.3 Å². The average Bonchev–Trinajstić information content (AvgIpc) is 2.29. The molecule has 0 radical (unpaired) electrons. The Morgan fingerprint density at radius 1 is 1.50 bits per heavy atom. The van der Waals surface area contributed by atoms with Gasteiger partial charge in [0, 0.05) is 18.7 Å². The lowest BCUT2D eigenvalue weighted by Gasteiger charge is -2.32. The number of anilines is 2. The van der Waals surface area contributed by atoms with Crippen molar-refractivity contribution >= 4 is 27.3 Å². The quantitative estimate of drug-likeness (QED) is 0.863. The number of halogens is 2. The second kappa shape index (κ2) is 4.62. The van der Waals surface area contributed by atoms with Crippen molar-refractivity contribution in [3.63, 3.8) is 0 Å². The van der Waals surface area contributed by atoms with Crippen LogP contribution in [0.1, 0.15) is 20.3 Å². The van der Waals surface area contributed by atoms with E-state index in [2.05, 4.69) is 40.4 Å². The lowest BCUT2D eigenvalue weighted by atomic mass is 9.97. The third-order valence-corrected chi connectivity index (χ3v) is 3.85. The third kappa shape index (κ3) is 2.17. The summed E-state index contributed by atoms with van der Waals surface area (Å²) < 4.78 is 13.9. The highest BCUT2D eigenvalue weighted by Crippen LogP contribution is 2.33. The van der Waals surface area contributed by atoms with Crippen LogP contribution in [0.5, 0.6) is 0 Å². The van der Waals surface area contributed by atoms with Crippen molar-refractivity contribution in [1.82, 2.24) is 0 Å². The fourth-order valence-electron chi connectivity index (χ4n) is 1.91. The van der Waals surface area contributed by atoms with Crippen LogP contribution in [0.3, 0.4) is 0 Å². The number of hydrogen-bond donors (Lipinski definition) is 2.